The number of hydrogen-bond donors (Lipinski definition) is 1. The molecule has 0 spiro atoms. The van der Waals surface area contributed by atoms with Crippen LogP contribution in [0.25, 0.3) is 10.8 Å². The van der Waals surface area contributed by atoms with Crippen molar-refractivity contribution in [2.24, 2.45) is 4.99 Å². The number of aliphatic hydroxyl groups is 1. The average molecular weight is 440 g/mol. The Morgan fingerprint density at radius 1 is 1.09 bits per heavy atom. The number of fused-ring (bicyclic) bond motifs is 1. The number of carbonyl (C=O) groups excluding carboxylic acids is 2. The molecule has 0 aliphatic heterocycles. The summed E-state index contributed by atoms with van der Waals surface area (Å²) in [5, 5.41) is 10.5. The predicted octanol–water partition coefficient (Wildman–Crippen LogP) is 1.60. The number of rotatable bonds is 8. The van der Waals surface area contributed by atoms with Crippen LogP contribution < -0.4 is 18.9 Å². The van der Waals surface area contributed by atoms with E-state index in [1.54, 1.807) is 26.1 Å². The van der Waals surface area contributed by atoms with Gasteiger partial charge in [-0.05, 0) is 10.9 Å². The molecular weight excluding hydrogens is 415 g/mol. The first-order valence-electron chi connectivity index (χ1n) is 9.78. The number of carbonyl (C=O) groups is 1. The molecule has 0 aliphatic carbocycles. The van der Waals surface area contributed by atoms with Crippen molar-refractivity contribution in [3.8, 4) is 0 Å². The van der Waals surface area contributed by atoms with Gasteiger partial charge in [0, 0.05) is 13.6 Å². The fourth-order valence-corrected chi connectivity index (χ4v) is 3.71. The van der Waals surface area contributed by atoms with Gasteiger partial charge in [0.1, 0.15) is 0 Å². The van der Waals surface area contributed by atoms with E-state index in [0.29, 0.717) is 11.3 Å². The molecule has 3 rings (SSSR count). The second-order valence-electron chi connectivity index (χ2n) is 6.41. The van der Waals surface area contributed by atoms with Gasteiger partial charge in [0.25, 0.3) is 0 Å². The molecular formula is C25H25LiN2O3S-2. The van der Waals surface area contributed by atoms with Crippen molar-refractivity contribution < 1.29 is 33.6 Å². The molecule has 1 N–H and O–H groups in total. The molecule has 0 bridgehead atoms. The van der Waals surface area contributed by atoms with Gasteiger partial charge in [0.15, 0.2) is 0 Å². The molecule has 0 saturated carbocycles. The summed E-state index contributed by atoms with van der Waals surface area (Å²) in [7, 11) is 1.65. The molecule has 32 heavy (non-hydrogen) atoms. The number of aliphatic imine (C=N–C) groups is 1. The van der Waals surface area contributed by atoms with Crippen LogP contribution in [0, 0.1) is 6.92 Å². The maximum absolute atomic E-state index is 12.8. The summed E-state index contributed by atoms with van der Waals surface area (Å²) in [6, 6.07) is 20.6. The van der Waals surface area contributed by atoms with Crippen LogP contribution in [0.15, 0.2) is 71.7 Å². The fraction of sp³-hybridized carbons (Fsp3) is 0.200. The van der Waals surface area contributed by atoms with Crippen LogP contribution >= 0.6 is 11.8 Å². The number of likely N-dealkylation sites (N-methyl/N-ethyl adjacent to an activating group) is 1. The zero-order valence-electron chi connectivity index (χ0n) is 18.6. The Morgan fingerprint density at radius 3 is 2.28 bits per heavy atom. The maximum atomic E-state index is 12.8. The predicted molar refractivity (Wildman–Crippen MR) is 128 cm³/mol. The minimum atomic E-state index is -0.555. The molecule has 7 heteroatoms. The molecule has 162 valence electrons. The summed E-state index contributed by atoms with van der Waals surface area (Å²) in [4.78, 5) is 30.0. The van der Waals surface area contributed by atoms with E-state index < -0.39 is 5.25 Å². The number of hydrogen-bond acceptors (Lipinski definition) is 5. The summed E-state index contributed by atoms with van der Waals surface area (Å²) in [6.07, 6.45) is 1.92. The molecule has 0 radical (unpaired) electrons. The summed E-state index contributed by atoms with van der Waals surface area (Å²) in [5.41, 5.74) is 4.48. The van der Waals surface area contributed by atoms with Gasteiger partial charge in [-0.1, -0.05) is 71.7 Å². The van der Waals surface area contributed by atoms with Gasteiger partial charge in [-0.15, -0.1) is 11.1 Å². The monoisotopic (exact) mass is 440 g/mol. The molecule has 3 aromatic rings. The van der Waals surface area contributed by atoms with Gasteiger partial charge < -0.3 is 26.7 Å². The van der Waals surface area contributed by atoms with Crippen LogP contribution in [-0.4, -0.2) is 47.9 Å². The molecule has 0 aliphatic rings. The molecule has 0 saturated heterocycles. The quantitative estimate of drug-likeness (QED) is 0.250. The van der Waals surface area contributed by atoms with E-state index in [-0.39, 0.29) is 37.9 Å². The Hall–Kier alpha value is -2.36. The summed E-state index contributed by atoms with van der Waals surface area (Å²) >= 11 is 1.14. The summed E-state index contributed by atoms with van der Waals surface area (Å²) in [6.45, 7) is 5.14. The van der Waals surface area contributed by atoms with Gasteiger partial charge in [0.2, 0.25) is 5.91 Å². The number of thioether (sulfide) groups is 1. The summed E-state index contributed by atoms with van der Waals surface area (Å²) < 4.78 is 0. The topological polar surface area (TPSA) is 70.0 Å². The van der Waals surface area contributed by atoms with Crippen molar-refractivity contribution >= 4 is 46.0 Å². The van der Waals surface area contributed by atoms with Gasteiger partial charge >= 0.3 is 18.9 Å². The zero-order valence-corrected chi connectivity index (χ0v) is 19.4. The second kappa shape index (κ2) is 14.7. The third kappa shape index (κ3) is 7.35. The molecule has 1 atom stereocenters. The minimum Gasteiger partial charge on any atom is -0.416 e. The molecule has 0 fully saturated rings. The standard InChI is InChI=1S/C23H20N2O3S.C2H5.Li/c1-25(11-12-26)23(28)22(17-7-3-2-4-8-17)29-16-24-21-14-19-10-6-5-9-18(19)13-20(21)15-27;1-2;/h2-10,13-14,22,26H,11-12H2,1H3;1H2,2H3;/q-2;-1;+1. The van der Waals surface area contributed by atoms with Crippen LogP contribution in [-0.2, 0) is 9.59 Å². The van der Waals surface area contributed by atoms with E-state index in [0.717, 1.165) is 28.1 Å². The van der Waals surface area contributed by atoms with Crippen LogP contribution in [0.4, 0.5) is 5.69 Å². The average Bonchev–Trinajstić information content (AvgIpc) is 2.83. The van der Waals surface area contributed by atoms with Crippen molar-refractivity contribution in [2.45, 2.75) is 12.2 Å². The first-order valence-corrected chi connectivity index (χ1v) is 10.7. The minimum absolute atomic E-state index is 0. The smallest absolute Gasteiger partial charge is 0.416 e. The molecule has 1 unspecified atom stereocenters. The van der Waals surface area contributed by atoms with Crippen molar-refractivity contribution in [1.29, 1.82) is 0 Å². The van der Waals surface area contributed by atoms with Crippen molar-refractivity contribution in [3.05, 3.63) is 84.8 Å². The summed E-state index contributed by atoms with van der Waals surface area (Å²) in [5.74, 6) is -0.154. The SMILES string of the molecule is CN(CCO)C(=O)C(S[C-]=Nc1cc2ccccc2cc1[C-]=O)c1ccccc1.[CH2-]C.[Li+]. The van der Waals surface area contributed by atoms with E-state index in [2.05, 4.69) is 17.5 Å². The largest absolute Gasteiger partial charge is 1.00 e. The Kier molecular flexibility index (Phi) is 12.7. The normalized spacial score (nSPS) is 11.2. The third-order valence-electron chi connectivity index (χ3n) is 4.45. The first kappa shape index (κ1) is 27.7. The zero-order chi connectivity index (χ0) is 22.6. The van der Waals surface area contributed by atoms with Crippen molar-refractivity contribution in [2.75, 3.05) is 20.2 Å². The van der Waals surface area contributed by atoms with E-state index in [4.69, 9.17) is 5.11 Å². The van der Waals surface area contributed by atoms with Crippen LogP contribution in [0.5, 0.6) is 0 Å². The second-order valence-corrected chi connectivity index (χ2v) is 7.30. The van der Waals surface area contributed by atoms with Gasteiger partial charge in [-0.25, -0.2) is 11.8 Å². The number of nitrogens with zero attached hydrogens (tertiary/aromatic N) is 2. The van der Waals surface area contributed by atoms with E-state index >= 15 is 0 Å². The molecule has 5 nitrogen and oxygen atoms in total. The van der Waals surface area contributed by atoms with Gasteiger partial charge in [-0.3, -0.25) is 4.79 Å². The Bertz CT molecular complexity index is 1030. The van der Waals surface area contributed by atoms with Crippen LogP contribution in [0.1, 0.15) is 23.3 Å². The Balaban J connectivity index is 0.00000166. The van der Waals surface area contributed by atoms with Crippen LogP contribution in [0.2, 0.25) is 0 Å². The van der Waals surface area contributed by atoms with Gasteiger partial charge in [-0.2, -0.15) is 13.0 Å². The molecule has 3 aromatic carbocycles. The molecule has 0 aromatic heterocycles. The van der Waals surface area contributed by atoms with E-state index in [1.165, 1.54) is 4.90 Å². The van der Waals surface area contributed by atoms with Crippen LogP contribution in [0.3, 0.4) is 0 Å². The van der Waals surface area contributed by atoms with E-state index in [1.807, 2.05) is 60.9 Å². The molecule has 1 amide bonds. The Labute approximate surface area is 206 Å². The van der Waals surface area contributed by atoms with Crippen molar-refractivity contribution in [1.82, 2.24) is 4.90 Å². The number of benzene rings is 3. The fourth-order valence-electron chi connectivity index (χ4n) is 2.88. The Morgan fingerprint density at radius 2 is 1.69 bits per heavy atom. The number of amides is 1. The van der Waals surface area contributed by atoms with E-state index in [9.17, 15) is 9.59 Å². The third-order valence-corrected chi connectivity index (χ3v) is 5.36. The first-order chi connectivity index (χ1) is 15.1. The maximum Gasteiger partial charge on any atom is 1.00 e. The van der Waals surface area contributed by atoms with Gasteiger partial charge in [0.05, 0.1) is 18.1 Å². The van der Waals surface area contributed by atoms with Crippen molar-refractivity contribution in [3.63, 3.8) is 0 Å². The number of aliphatic hydroxyl groups excluding tert-OH is 1. The molecule has 0 heterocycles.